The molecule has 2 aromatic heterocycles. The lowest BCUT2D eigenvalue weighted by atomic mass is 9.93. The highest BCUT2D eigenvalue weighted by Gasteiger charge is 2.20. The maximum atomic E-state index is 5.60. The predicted octanol–water partition coefficient (Wildman–Crippen LogP) is 3.46. The highest BCUT2D eigenvalue weighted by molar-refractivity contribution is 7.10. The van der Waals surface area contributed by atoms with E-state index in [0.29, 0.717) is 12.5 Å². The molecule has 130 valence electrons. The molecular formula is C18H26N4OS. The first-order chi connectivity index (χ1) is 11.7. The van der Waals surface area contributed by atoms with Gasteiger partial charge in [-0.05, 0) is 51.3 Å². The van der Waals surface area contributed by atoms with Gasteiger partial charge in [0.05, 0.1) is 0 Å². The molecule has 1 atom stereocenters. The van der Waals surface area contributed by atoms with Crippen LogP contribution in [0.2, 0.25) is 0 Å². The Morgan fingerprint density at radius 2 is 2.17 bits per heavy atom. The Kier molecular flexibility index (Phi) is 5.81. The Morgan fingerprint density at radius 3 is 2.83 bits per heavy atom. The van der Waals surface area contributed by atoms with E-state index >= 15 is 0 Å². The molecule has 1 fully saturated rings. The van der Waals surface area contributed by atoms with Crippen LogP contribution in [0.15, 0.2) is 23.6 Å². The van der Waals surface area contributed by atoms with Crippen molar-refractivity contribution >= 4 is 17.2 Å². The number of aromatic nitrogens is 2. The molecule has 3 rings (SSSR count). The predicted molar refractivity (Wildman–Crippen MR) is 98.8 cm³/mol. The van der Waals surface area contributed by atoms with Crippen molar-refractivity contribution in [2.24, 2.45) is 0 Å². The number of hydrogen-bond donors (Lipinski definition) is 1. The molecule has 1 N–H and O–H groups in total. The SMILES string of the molecule is COC(CNc1cc(C2CCN(C)CC2)nc(C)n1)c1cccs1. The zero-order chi connectivity index (χ0) is 16.9. The second-order valence-corrected chi connectivity index (χ2v) is 7.40. The minimum Gasteiger partial charge on any atom is -0.374 e. The van der Waals surface area contributed by atoms with Crippen LogP contribution in [0.5, 0.6) is 0 Å². The average Bonchev–Trinajstić information content (AvgIpc) is 3.10. The number of rotatable bonds is 6. The second kappa shape index (κ2) is 8.05. The van der Waals surface area contributed by atoms with Gasteiger partial charge >= 0.3 is 0 Å². The lowest BCUT2D eigenvalue weighted by molar-refractivity contribution is 0.117. The second-order valence-electron chi connectivity index (χ2n) is 6.42. The maximum Gasteiger partial charge on any atom is 0.130 e. The first-order valence-corrected chi connectivity index (χ1v) is 9.38. The summed E-state index contributed by atoms with van der Waals surface area (Å²) in [5.74, 6) is 2.27. The number of thiophene rings is 1. The summed E-state index contributed by atoms with van der Waals surface area (Å²) in [6.45, 7) is 4.96. The van der Waals surface area contributed by atoms with E-state index < -0.39 is 0 Å². The Bertz CT molecular complexity index is 638. The number of likely N-dealkylation sites (tertiary alicyclic amines) is 1. The minimum absolute atomic E-state index is 0.0482. The molecular weight excluding hydrogens is 320 g/mol. The number of nitrogens with zero attached hydrogens (tertiary/aromatic N) is 3. The van der Waals surface area contributed by atoms with Crippen molar-refractivity contribution in [2.75, 3.05) is 39.1 Å². The topological polar surface area (TPSA) is 50.3 Å². The molecule has 3 heterocycles. The molecule has 24 heavy (non-hydrogen) atoms. The van der Waals surface area contributed by atoms with Crippen molar-refractivity contribution in [3.63, 3.8) is 0 Å². The molecule has 1 aliphatic heterocycles. The summed E-state index contributed by atoms with van der Waals surface area (Å²) in [7, 11) is 3.94. The fourth-order valence-electron chi connectivity index (χ4n) is 3.17. The molecule has 1 saturated heterocycles. The summed E-state index contributed by atoms with van der Waals surface area (Å²) in [5.41, 5.74) is 1.17. The normalized spacial score (nSPS) is 17.8. The van der Waals surface area contributed by atoms with Crippen LogP contribution in [0.1, 0.15) is 41.3 Å². The van der Waals surface area contributed by atoms with Crippen molar-refractivity contribution < 1.29 is 4.74 Å². The quantitative estimate of drug-likeness (QED) is 0.868. The average molecular weight is 346 g/mol. The third-order valence-corrected chi connectivity index (χ3v) is 5.57. The van der Waals surface area contributed by atoms with E-state index in [2.05, 4.69) is 50.8 Å². The number of methoxy groups -OCH3 is 1. The molecule has 0 aliphatic carbocycles. The molecule has 0 saturated carbocycles. The van der Waals surface area contributed by atoms with Crippen LogP contribution < -0.4 is 5.32 Å². The van der Waals surface area contributed by atoms with Crippen LogP contribution >= 0.6 is 11.3 Å². The minimum atomic E-state index is 0.0482. The molecule has 6 heteroatoms. The van der Waals surface area contributed by atoms with Crippen molar-refractivity contribution in [1.82, 2.24) is 14.9 Å². The molecule has 0 spiro atoms. The maximum absolute atomic E-state index is 5.60. The molecule has 5 nitrogen and oxygen atoms in total. The van der Waals surface area contributed by atoms with Crippen LogP contribution in [0.3, 0.4) is 0 Å². The number of hydrogen-bond acceptors (Lipinski definition) is 6. The van der Waals surface area contributed by atoms with Crippen molar-refractivity contribution in [3.05, 3.63) is 40.0 Å². The van der Waals surface area contributed by atoms with Gasteiger partial charge in [0.2, 0.25) is 0 Å². The lowest BCUT2D eigenvalue weighted by Gasteiger charge is -2.28. The van der Waals surface area contributed by atoms with Crippen LogP contribution in [0, 0.1) is 6.92 Å². The monoisotopic (exact) mass is 346 g/mol. The van der Waals surface area contributed by atoms with Gasteiger partial charge in [0, 0.05) is 36.2 Å². The third-order valence-electron chi connectivity index (χ3n) is 4.61. The molecule has 2 aromatic rings. The zero-order valence-electron chi connectivity index (χ0n) is 14.7. The first kappa shape index (κ1) is 17.3. The van der Waals surface area contributed by atoms with E-state index in [1.54, 1.807) is 18.4 Å². The Labute approximate surface area is 148 Å². The van der Waals surface area contributed by atoms with E-state index in [1.165, 1.54) is 23.4 Å². The zero-order valence-corrected chi connectivity index (χ0v) is 15.5. The Balaban J connectivity index is 1.67. The van der Waals surface area contributed by atoms with E-state index in [0.717, 1.165) is 24.7 Å². The number of ether oxygens (including phenoxy) is 1. The van der Waals surface area contributed by atoms with Crippen LogP contribution in [-0.4, -0.2) is 48.7 Å². The number of aryl methyl sites for hydroxylation is 1. The van der Waals surface area contributed by atoms with Gasteiger partial charge in [0.25, 0.3) is 0 Å². The summed E-state index contributed by atoms with van der Waals surface area (Å²) >= 11 is 1.72. The summed E-state index contributed by atoms with van der Waals surface area (Å²) in [6.07, 6.45) is 2.39. The summed E-state index contributed by atoms with van der Waals surface area (Å²) in [4.78, 5) is 12.8. The van der Waals surface area contributed by atoms with Gasteiger partial charge in [-0.3, -0.25) is 0 Å². The van der Waals surface area contributed by atoms with Gasteiger partial charge in [-0.2, -0.15) is 0 Å². The lowest BCUT2D eigenvalue weighted by Crippen LogP contribution is -2.29. The van der Waals surface area contributed by atoms with Gasteiger partial charge in [0.1, 0.15) is 17.7 Å². The number of anilines is 1. The van der Waals surface area contributed by atoms with Crippen molar-refractivity contribution in [2.45, 2.75) is 31.8 Å². The molecule has 1 unspecified atom stereocenters. The highest BCUT2D eigenvalue weighted by atomic mass is 32.1. The molecule has 1 aliphatic rings. The first-order valence-electron chi connectivity index (χ1n) is 8.50. The Morgan fingerprint density at radius 1 is 1.38 bits per heavy atom. The largest absolute Gasteiger partial charge is 0.374 e. The fraction of sp³-hybridized carbons (Fsp3) is 0.556. The summed E-state index contributed by atoms with van der Waals surface area (Å²) in [6, 6.07) is 6.28. The van der Waals surface area contributed by atoms with Crippen LogP contribution in [0.25, 0.3) is 0 Å². The van der Waals surface area contributed by atoms with Crippen LogP contribution in [0.4, 0.5) is 5.82 Å². The van der Waals surface area contributed by atoms with E-state index in [4.69, 9.17) is 4.74 Å². The summed E-state index contributed by atoms with van der Waals surface area (Å²) < 4.78 is 5.60. The molecule has 0 amide bonds. The Hall–Kier alpha value is -1.50. The smallest absolute Gasteiger partial charge is 0.130 e. The molecule has 0 bridgehead atoms. The molecule has 0 aromatic carbocycles. The molecule has 0 radical (unpaired) electrons. The van der Waals surface area contributed by atoms with Gasteiger partial charge in [-0.1, -0.05) is 6.07 Å². The van der Waals surface area contributed by atoms with Gasteiger partial charge < -0.3 is 15.0 Å². The number of nitrogens with one attached hydrogen (secondary N) is 1. The summed E-state index contributed by atoms with van der Waals surface area (Å²) in [5, 5.41) is 5.51. The van der Waals surface area contributed by atoms with Gasteiger partial charge in [-0.15, -0.1) is 11.3 Å². The van der Waals surface area contributed by atoms with E-state index in [1.807, 2.05) is 6.92 Å². The fourth-order valence-corrected chi connectivity index (χ4v) is 3.97. The van der Waals surface area contributed by atoms with Crippen LogP contribution in [-0.2, 0) is 4.74 Å². The van der Waals surface area contributed by atoms with Gasteiger partial charge in [0.15, 0.2) is 0 Å². The third kappa shape index (κ3) is 4.32. The van der Waals surface area contributed by atoms with E-state index in [9.17, 15) is 0 Å². The van der Waals surface area contributed by atoms with E-state index in [-0.39, 0.29) is 6.10 Å². The highest BCUT2D eigenvalue weighted by Crippen LogP contribution is 2.28. The van der Waals surface area contributed by atoms with Crippen molar-refractivity contribution in [3.8, 4) is 0 Å². The van der Waals surface area contributed by atoms with Gasteiger partial charge in [-0.25, -0.2) is 9.97 Å². The van der Waals surface area contributed by atoms with Crippen molar-refractivity contribution in [1.29, 1.82) is 0 Å². The number of piperidine rings is 1. The standard InChI is InChI=1S/C18H26N4OS/c1-13-20-15(14-6-8-22(2)9-7-14)11-18(21-13)19-12-16(23-3)17-5-4-10-24-17/h4-5,10-11,14,16H,6-9,12H2,1-3H3,(H,19,20,21).